The van der Waals surface area contributed by atoms with Gasteiger partial charge >= 0.3 is 0 Å². The minimum atomic E-state index is 0.612. The summed E-state index contributed by atoms with van der Waals surface area (Å²) in [5, 5.41) is 3.58. The highest BCUT2D eigenvalue weighted by atomic mass is 127. The van der Waals surface area contributed by atoms with Crippen molar-refractivity contribution in [2.24, 2.45) is 0 Å². The van der Waals surface area contributed by atoms with E-state index < -0.39 is 0 Å². The van der Waals surface area contributed by atoms with Crippen LogP contribution >= 0.6 is 77.7 Å². The number of nitrogens with one attached hydrogen (secondary N) is 2. The first-order valence-corrected chi connectivity index (χ1v) is 14.6. The summed E-state index contributed by atoms with van der Waals surface area (Å²) < 4.78 is 3.06. The lowest BCUT2D eigenvalue weighted by atomic mass is 10.2. The molecule has 4 aromatic heterocycles. The van der Waals surface area contributed by atoms with Crippen molar-refractivity contribution in [2.75, 3.05) is 0 Å². The van der Waals surface area contributed by atoms with E-state index in [1.54, 1.807) is 24.5 Å². The second-order valence-corrected chi connectivity index (χ2v) is 11.7. The Balaban J connectivity index is 0.000000150. The van der Waals surface area contributed by atoms with E-state index in [4.69, 9.17) is 29.6 Å². The molecule has 0 radical (unpaired) electrons. The maximum absolute atomic E-state index is 5.78. The van der Waals surface area contributed by atoms with Crippen LogP contribution in [0, 0.1) is 27.9 Å². The molecule has 0 aliphatic carbocycles. The van der Waals surface area contributed by atoms with Crippen LogP contribution in [0.5, 0.6) is 0 Å². The van der Waals surface area contributed by atoms with Gasteiger partial charge in [0.1, 0.15) is 9.39 Å². The Hall–Kier alpha value is -2.79. The summed E-state index contributed by atoms with van der Waals surface area (Å²) in [6.07, 6.45) is 8.48. The number of fused-ring (bicyclic) bond motifs is 2. The molecule has 9 heteroatoms. The second-order valence-electron chi connectivity index (χ2n) is 7.88. The average Bonchev–Trinajstić information content (AvgIpc) is 3.53. The zero-order valence-corrected chi connectivity index (χ0v) is 26.8. The molecule has 0 unspecified atom stereocenters. The molecular weight excluding hydrogens is 774 g/mol. The molecule has 6 rings (SSSR count). The standard InChI is InChI=1S/C15H8BrClN2.C10H6BrN.C5H3ClIN/c16-11-2-1-10-7-14(19-15(10)8-11)6-5-13-4-3-12(17)9-18-13;1-2-9-5-7-3-4-8(11)6-10(7)12-9;6-4-1-2-5(7)8-3-4/h1-4,7-9,19H;1,3-6,12H;1-3H. The second kappa shape index (κ2) is 14.0. The maximum Gasteiger partial charge on any atom is 0.113 e. The van der Waals surface area contributed by atoms with Gasteiger partial charge in [0.15, 0.2) is 0 Å². The summed E-state index contributed by atoms with van der Waals surface area (Å²) in [5.74, 6) is 8.63. The van der Waals surface area contributed by atoms with Crippen LogP contribution in [0.2, 0.25) is 10.0 Å². The highest BCUT2D eigenvalue weighted by molar-refractivity contribution is 14.1. The van der Waals surface area contributed by atoms with Gasteiger partial charge in [-0.25, -0.2) is 9.97 Å². The molecular formula is C30H17Br2Cl2IN4. The first-order chi connectivity index (χ1) is 18.8. The van der Waals surface area contributed by atoms with Crippen LogP contribution in [0.3, 0.4) is 0 Å². The van der Waals surface area contributed by atoms with Crippen LogP contribution in [0.25, 0.3) is 21.8 Å². The quantitative estimate of drug-likeness (QED) is 0.0916. The summed E-state index contributed by atoms with van der Waals surface area (Å²) in [7, 11) is 0. The van der Waals surface area contributed by atoms with Gasteiger partial charge in [-0.3, -0.25) is 0 Å². The molecule has 0 aliphatic heterocycles. The van der Waals surface area contributed by atoms with E-state index in [0.717, 1.165) is 45.8 Å². The number of benzene rings is 2. The number of hydrogen-bond donors (Lipinski definition) is 2. The van der Waals surface area contributed by atoms with Crippen LogP contribution in [0.4, 0.5) is 0 Å². The molecule has 0 amide bonds. The van der Waals surface area contributed by atoms with Gasteiger partial charge in [-0.05, 0) is 95.1 Å². The van der Waals surface area contributed by atoms with Crippen molar-refractivity contribution < 1.29 is 0 Å². The molecule has 0 saturated carbocycles. The van der Waals surface area contributed by atoms with Gasteiger partial charge in [0.05, 0.1) is 21.4 Å². The zero-order chi connectivity index (χ0) is 27.8. The monoisotopic (exact) mass is 788 g/mol. The number of hydrogen-bond acceptors (Lipinski definition) is 2. The van der Waals surface area contributed by atoms with Gasteiger partial charge < -0.3 is 9.97 Å². The van der Waals surface area contributed by atoms with E-state index in [0.29, 0.717) is 15.7 Å². The smallest absolute Gasteiger partial charge is 0.113 e. The molecule has 0 saturated heterocycles. The molecule has 0 fully saturated rings. The van der Waals surface area contributed by atoms with Gasteiger partial charge in [-0.1, -0.05) is 73.1 Å². The van der Waals surface area contributed by atoms with E-state index in [-0.39, 0.29) is 0 Å². The van der Waals surface area contributed by atoms with Crippen molar-refractivity contribution in [1.82, 2.24) is 19.9 Å². The predicted molar refractivity (Wildman–Crippen MR) is 177 cm³/mol. The number of pyridine rings is 2. The van der Waals surface area contributed by atoms with Gasteiger partial charge in [0.2, 0.25) is 0 Å². The summed E-state index contributed by atoms with van der Waals surface area (Å²) in [4.78, 5) is 14.4. The first kappa shape index (κ1) is 29.2. The SMILES string of the molecule is C#Cc1cc2ccc(Br)cc2[nH]1.Clc1ccc(C#Cc2cc3ccc(Br)cc3[nH]2)nc1.Clc1ccc(I)nc1. The van der Waals surface area contributed by atoms with Gasteiger partial charge in [-0.2, -0.15) is 0 Å². The molecule has 4 heterocycles. The molecule has 6 aromatic rings. The minimum Gasteiger partial charge on any atom is -0.348 e. The fourth-order valence-corrected chi connectivity index (χ4v) is 4.55. The van der Waals surface area contributed by atoms with Crippen molar-refractivity contribution in [3.8, 4) is 24.2 Å². The lowest BCUT2D eigenvalue weighted by Gasteiger charge is -1.89. The lowest BCUT2D eigenvalue weighted by Crippen LogP contribution is -1.80. The van der Waals surface area contributed by atoms with Crippen molar-refractivity contribution in [3.63, 3.8) is 0 Å². The van der Waals surface area contributed by atoms with Crippen LogP contribution in [0.15, 0.2) is 94.1 Å². The van der Waals surface area contributed by atoms with E-state index in [2.05, 4.69) is 92.1 Å². The Kier molecular flexibility index (Phi) is 10.5. The number of halogens is 5. The first-order valence-electron chi connectivity index (χ1n) is 11.2. The lowest BCUT2D eigenvalue weighted by molar-refractivity contribution is 1.27. The third-order valence-corrected chi connectivity index (χ3v) is 7.14. The Morgan fingerprint density at radius 1 is 0.692 bits per heavy atom. The molecule has 0 aliphatic rings. The summed E-state index contributed by atoms with van der Waals surface area (Å²) >= 11 is 20.3. The molecule has 2 aromatic carbocycles. The molecule has 4 nitrogen and oxygen atoms in total. The number of nitrogens with zero attached hydrogens (tertiary/aromatic N) is 2. The maximum atomic E-state index is 5.78. The normalized spacial score (nSPS) is 9.95. The number of terminal acetylenes is 1. The third-order valence-electron chi connectivity index (χ3n) is 5.07. The highest BCUT2D eigenvalue weighted by Crippen LogP contribution is 2.21. The molecule has 192 valence electrons. The minimum absolute atomic E-state index is 0.612. The van der Waals surface area contributed by atoms with E-state index in [1.165, 1.54) is 0 Å². The fraction of sp³-hybridized carbons (Fsp3) is 0. The van der Waals surface area contributed by atoms with E-state index >= 15 is 0 Å². The van der Waals surface area contributed by atoms with Crippen molar-refractivity contribution in [3.05, 3.63) is 125 Å². The predicted octanol–water partition coefficient (Wildman–Crippen LogP) is 9.63. The fourth-order valence-electron chi connectivity index (χ4n) is 3.28. The molecule has 0 bridgehead atoms. The average molecular weight is 791 g/mol. The molecule has 39 heavy (non-hydrogen) atoms. The highest BCUT2D eigenvalue weighted by Gasteiger charge is 1.99. The van der Waals surface area contributed by atoms with Gasteiger partial charge in [0, 0.05) is 43.1 Å². The number of rotatable bonds is 0. The van der Waals surface area contributed by atoms with Crippen molar-refractivity contribution >= 4 is 99.5 Å². The Morgan fingerprint density at radius 2 is 1.26 bits per heavy atom. The zero-order valence-electron chi connectivity index (χ0n) is 19.9. The van der Waals surface area contributed by atoms with Crippen molar-refractivity contribution in [1.29, 1.82) is 0 Å². The molecule has 2 N–H and O–H groups in total. The largest absolute Gasteiger partial charge is 0.348 e. The van der Waals surface area contributed by atoms with E-state index in [1.807, 2.05) is 60.7 Å². The Labute approximate surface area is 266 Å². The third kappa shape index (κ3) is 8.86. The van der Waals surface area contributed by atoms with Crippen LogP contribution in [-0.2, 0) is 0 Å². The van der Waals surface area contributed by atoms with Gasteiger partial charge in [0.25, 0.3) is 0 Å². The number of aromatic amines is 2. The summed E-state index contributed by atoms with van der Waals surface area (Å²) in [6, 6.07) is 23.3. The van der Waals surface area contributed by atoms with E-state index in [9.17, 15) is 0 Å². The van der Waals surface area contributed by atoms with Crippen LogP contribution in [0.1, 0.15) is 17.1 Å². The topological polar surface area (TPSA) is 57.4 Å². The van der Waals surface area contributed by atoms with Crippen LogP contribution < -0.4 is 0 Å². The van der Waals surface area contributed by atoms with Crippen LogP contribution in [-0.4, -0.2) is 19.9 Å². The summed E-state index contributed by atoms with van der Waals surface area (Å²) in [6.45, 7) is 0. The molecule has 0 spiro atoms. The Morgan fingerprint density at radius 3 is 1.77 bits per heavy atom. The number of aromatic nitrogens is 4. The summed E-state index contributed by atoms with van der Waals surface area (Å²) in [5.41, 5.74) is 4.51. The van der Waals surface area contributed by atoms with Crippen molar-refractivity contribution in [2.45, 2.75) is 0 Å². The number of H-pyrrole nitrogens is 2. The Bertz CT molecular complexity index is 1810. The molecule has 0 atom stereocenters. The van der Waals surface area contributed by atoms with Gasteiger partial charge in [-0.15, -0.1) is 6.42 Å².